The number of methoxy groups -OCH3 is 1. The van der Waals surface area contributed by atoms with E-state index in [1.807, 2.05) is 24.3 Å². The maximum Gasteiger partial charge on any atom is 0.328 e. The predicted octanol–water partition coefficient (Wildman–Crippen LogP) is 0.134. The number of aliphatic hydroxyl groups is 2. The number of nitrogens with one attached hydrogen (secondary N) is 5. The zero-order valence-electron chi connectivity index (χ0n) is 27.4. The molecule has 1 aromatic heterocycles. The third-order valence-corrected chi connectivity index (χ3v) is 8.04. The summed E-state index contributed by atoms with van der Waals surface area (Å²) in [6.45, 7) is 5.91. The number of carbonyl (C=O) groups is 6. The molecule has 260 valence electrons. The number of aromatic nitrogens is 1. The van der Waals surface area contributed by atoms with Crippen LogP contribution in [0.1, 0.15) is 58.9 Å². The van der Waals surface area contributed by atoms with Gasteiger partial charge in [0.1, 0.15) is 24.2 Å². The molecule has 0 unspecified atom stereocenters. The molecule has 4 amide bonds. The number of hydrogen-bond acceptors (Lipinski definition) is 9. The molecule has 0 aliphatic rings. The lowest BCUT2D eigenvalue weighted by Crippen LogP contribution is -2.57. The lowest BCUT2D eigenvalue weighted by atomic mass is 9.87. The Kier molecular flexibility index (Phi) is 14.8. The molecule has 0 bridgehead atoms. The van der Waals surface area contributed by atoms with Crippen LogP contribution in [0.2, 0.25) is 0 Å². The number of aliphatic hydroxyl groups excluding tert-OH is 2. The lowest BCUT2D eigenvalue weighted by Gasteiger charge is -2.28. The van der Waals surface area contributed by atoms with Crippen LogP contribution < -0.4 is 21.3 Å². The molecule has 47 heavy (non-hydrogen) atoms. The van der Waals surface area contributed by atoms with Gasteiger partial charge in [0.05, 0.1) is 13.7 Å². The Bertz CT molecular complexity index is 1410. The molecule has 0 aliphatic carbocycles. The number of amides is 4. The first-order valence-electron chi connectivity index (χ1n) is 15.5. The second kappa shape index (κ2) is 18.0. The molecule has 0 saturated heterocycles. The van der Waals surface area contributed by atoms with E-state index < -0.39 is 84.2 Å². The van der Waals surface area contributed by atoms with Crippen molar-refractivity contribution in [3.05, 3.63) is 36.0 Å². The van der Waals surface area contributed by atoms with Gasteiger partial charge >= 0.3 is 11.9 Å². The zero-order valence-corrected chi connectivity index (χ0v) is 27.4. The molecule has 0 aliphatic heterocycles. The molecule has 2 aromatic rings. The van der Waals surface area contributed by atoms with Crippen LogP contribution in [0.3, 0.4) is 0 Å². The Morgan fingerprint density at radius 1 is 0.957 bits per heavy atom. The first-order chi connectivity index (χ1) is 22.1. The van der Waals surface area contributed by atoms with Crippen LogP contribution in [0.15, 0.2) is 30.5 Å². The summed E-state index contributed by atoms with van der Waals surface area (Å²) in [5, 5.41) is 39.8. The molecule has 1 heterocycles. The molecule has 1 aromatic carbocycles. The Hall–Kier alpha value is -4.50. The molecule has 0 radical (unpaired) electrons. The van der Waals surface area contributed by atoms with Crippen LogP contribution >= 0.6 is 0 Å². The first-order valence-corrected chi connectivity index (χ1v) is 15.5. The van der Waals surface area contributed by atoms with Gasteiger partial charge in [-0.2, -0.15) is 0 Å². The van der Waals surface area contributed by atoms with Crippen LogP contribution in [0.5, 0.6) is 0 Å². The largest absolute Gasteiger partial charge is 0.481 e. The van der Waals surface area contributed by atoms with Gasteiger partial charge < -0.3 is 46.3 Å². The molecule has 0 saturated carbocycles. The van der Waals surface area contributed by atoms with E-state index in [2.05, 4.69) is 26.3 Å². The SMILES string of the molecule is CC[C@H](C)[C@H](NC(=O)CCNC(=O)[C@H](O)C(C)(C)CO)C(=O)N[C@@H](CCC(=O)O)C(=O)N[C@H](Cc1c[nH]c2ccccc12)C(=O)OC. The van der Waals surface area contributed by atoms with E-state index in [9.17, 15) is 44.1 Å². The van der Waals surface area contributed by atoms with Crippen molar-refractivity contribution in [1.29, 1.82) is 0 Å². The minimum atomic E-state index is -1.51. The van der Waals surface area contributed by atoms with Gasteiger partial charge in [-0.05, 0) is 24.0 Å². The number of esters is 1. The topological polar surface area (TPSA) is 236 Å². The molecule has 0 spiro atoms. The minimum Gasteiger partial charge on any atom is -0.481 e. The lowest BCUT2D eigenvalue weighted by molar-refractivity contribution is -0.145. The molecule has 8 N–H and O–H groups in total. The number of carbonyl (C=O) groups excluding carboxylic acids is 5. The normalized spacial score (nSPS) is 14.6. The molecular weight excluding hydrogens is 614 g/mol. The van der Waals surface area contributed by atoms with Gasteiger partial charge in [-0.25, -0.2) is 4.79 Å². The van der Waals surface area contributed by atoms with Gasteiger partial charge in [-0.1, -0.05) is 52.3 Å². The summed E-state index contributed by atoms with van der Waals surface area (Å²) >= 11 is 0. The minimum absolute atomic E-state index is 0.0542. The summed E-state index contributed by atoms with van der Waals surface area (Å²) in [5.74, 6) is -5.27. The summed E-state index contributed by atoms with van der Waals surface area (Å²) in [5.41, 5.74) is 0.459. The number of para-hydroxylation sites is 1. The second-order valence-corrected chi connectivity index (χ2v) is 12.2. The van der Waals surface area contributed by atoms with Gasteiger partial charge in [0.15, 0.2) is 0 Å². The highest BCUT2D eigenvalue weighted by atomic mass is 16.5. The first kappa shape index (κ1) is 38.7. The third kappa shape index (κ3) is 11.4. The fourth-order valence-electron chi connectivity index (χ4n) is 4.71. The molecule has 2 rings (SSSR count). The van der Waals surface area contributed by atoms with Crippen LogP contribution in [0, 0.1) is 11.3 Å². The van der Waals surface area contributed by atoms with Crippen molar-refractivity contribution in [3.8, 4) is 0 Å². The number of aromatic amines is 1. The Balaban J connectivity index is 2.15. The summed E-state index contributed by atoms with van der Waals surface area (Å²) < 4.78 is 4.90. The quantitative estimate of drug-likeness (QED) is 0.0948. The highest BCUT2D eigenvalue weighted by Crippen LogP contribution is 2.20. The fourth-order valence-corrected chi connectivity index (χ4v) is 4.71. The Labute approximate surface area is 273 Å². The van der Waals surface area contributed by atoms with Crippen LogP contribution in [0.4, 0.5) is 0 Å². The third-order valence-electron chi connectivity index (χ3n) is 8.04. The maximum atomic E-state index is 13.5. The van der Waals surface area contributed by atoms with E-state index in [0.29, 0.717) is 6.42 Å². The number of fused-ring (bicyclic) bond motifs is 1. The number of rotatable bonds is 19. The van der Waals surface area contributed by atoms with E-state index in [-0.39, 0.29) is 25.8 Å². The van der Waals surface area contributed by atoms with Gasteiger partial charge in [-0.3, -0.25) is 24.0 Å². The monoisotopic (exact) mass is 661 g/mol. The van der Waals surface area contributed by atoms with Gasteiger partial charge in [0.2, 0.25) is 23.6 Å². The number of carboxylic acid groups (broad SMARTS) is 1. The van der Waals surface area contributed by atoms with Crippen molar-refractivity contribution >= 4 is 46.5 Å². The van der Waals surface area contributed by atoms with E-state index in [4.69, 9.17) is 4.74 Å². The van der Waals surface area contributed by atoms with Gasteiger partial charge in [0.25, 0.3) is 0 Å². The highest BCUT2D eigenvalue weighted by molar-refractivity contribution is 5.94. The van der Waals surface area contributed by atoms with Crippen molar-refractivity contribution < 1.29 is 48.8 Å². The average molecular weight is 662 g/mol. The number of hydrogen-bond donors (Lipinski definition) is 8. The Morgan fingerprint density at radius 3 is 2.23 bits per heavy atom. The van der Waals surface area contributed by atoms with E-state index in [1.165, 1.54) is 21.0 Å². The number of aliphatic carboxylic acids is 1. The van der Waals surface area contributed by atoms with E-state index in [1.54, 1.807) is 20.0 Å². The molecule has 0 fully saturated rings. The summed E-state index contributed by atoms with van der Waals surface area (Å²) in [6.07, 6.45) is -0.299. The molecule has 15 heteroatoms. The fraction of sp³-hybridized carbons (Fsp3) is 0.562. The smallest absolute Gasteiger partial charge is 0.328 e. The second-order valence-electron chi connectivity index (χ2n) is 12.2. The van der Waals surface area contributed by atoms with Gasteiger partial charge in [0, 0.05) is 48.3 Å². The van der Waals surface area contributed by atoms with Crippen molar-refractivity contribution in [2.75, 3.05) is 20.3 Å². The van der Waals surface area contributed by atoms with Crippen LogP contribution in [0.25, 0.3) is 10.9 Å². The number of H-pyrrole nitrogens is 1. The van der Waals surface area contributed by atoms with Gasteiger partial charge in [-0.15, -0.1) is 0 Å². The van der Waals surface area contributed by atoms with Crippen LogP contribution in [-0.2, 0) is 39.9 Å². The average Bonchev–Trinajstić information content (AvgIpc) is 3.46. The summed E-state index contributed by atoms with van der Waals surface area (Å²) in [7, 11) is 1.17. The standard InChI is InChI=1S/C32H47N5O10/c1-6-18(2)26(37-24(39)13-14-33-30(45)27(42)32(3,4)17-38)29(44)35-22(11-12-25(40)41)28(43)36-23(31(46)47-5)15-19-16-34-21-10-8-7-9-20(19)21/h7-10,16,18,22-23,26-27,34,38,42H,6,11-15,17H2,1-5H3,(H,33,45)(H,35,44)(H,36,43)(H,37,39)(H,40,41)/t18-,22-,23+,26-,27-/m0/s1. The maximum absolute atomic E-state index is 13.5. The summed E-state index contributed by atoms with van der Waals surface area (Å²) in [6, 6.07) is 3.74. The Morgan fingerprint density at radius 2 is 1.62 bits per heavy atom. The van der Waals surface area contributed by atoms with Crippen molar-refractivity contribution in [2.45, 2.75) is 84.0 Å². The number of ether oxygens (including phenoxy) is 1. The molecular formula is C32H47N5O10. The van der Waals surface area contributed by atoms with E-state index in [0.717, 1.165) is 16.5 Å². The van der Waals surface area contributed by atoms with Crippen LogP contribution in [-0.4, -0.2) is 100 Å². The number of benzene rings is 1. The predicted molar refractivity (Wildman–Crippen MR) is 171 cm³/mol. The number of carboxylic acids is 1. The zero-order chi connectivity index (χ0) is 35.3. The van der Waals surface area contributed by atoms with Crippen molar-refractivity contribution in [1.82, 2.24) is 26.3 Å². The molecule has 15 nitrogen and oxygen atoms in total. The molecule has 5 atom stereocenters. The van der Waals surface area contributed by atoms with Crippen molar-refractivity contribution in [2.24, 2.45) is 11.3 Å². The highest BCUT2D eigenvalue weighted by Gasteiger charge is 2.34. The summed E-state index contributed by atoms with van der Waals surface area (Å²) in [4.78, 5) is 79.0. The van der Waals surface area contributed by atoms with E-state index >= 15 is 0 Å². The van der Waals surface area contributed by atoms with Crippen molar-refractivity contribution in [3.63, 3.8) is 0 Å².